The van der Waals surface area contributed by atoms with Crippen LogP contribution in [0, 0.1) is 5.92 Å². The van der Waals surface area contributed by atoms with Crippen LogP contribution in [0.4, 0.5) is 4.79 Å². The van der Waals surface area contributed by atoms with Crippen molar-refractivity contribution in [2.24, 2.45) is 5.92 Å². The van der Waals surface area contributed by atoms with E-state index in [0.29, 0.717) is 12.1 Å². The summed E-state index contributed by atoms with van der Waals surface area (Å²) in [6, 6.07) is 16.8. The molecule has 10 nitrogen and oxygen atoms in total. The normalized spacial score (nSPS) is 16.3. The first-order valence-corrected chi connectivity index (χ1v) is 14.5. The maximum Gasteiger partial charge on any atom is 0.408 e. The molecule has 3 N–H and O–H groups in total. The van der Waals surface area contributed by atoms with Crippen LogP contribution in [0.1, 0.15) is 49.3 Å². The van der Waals surface area contributed by atoms with E-state index in [9.17, 15) is 24.3 Å². The number of allylic oxidation sites excluding steroid dienone is 1. The molecule has 2 aromatic rings. The number of esters is 1. The summed E-state index contributed by atoms with van der Waals surface area (Å²) in [6.45, 7) is 7.82. The summed E-state index contributed by atoms with van der Waals surface area (Å²) in [5.41, 5.74) is 1.44. The highest BCUT2D eigenvalue weighted by atomic mass is 16.6. The Morgan fingerprint density at radius 2 is 1.67 bits per heavy atom. The molecular weight excluding hydrogens is 550 g/mol. The van der Waals surface area contributed by atoms with Gasteiger partial charge >= 0.3 is 12.1 Å². The van der Waals surface area contributed by atoms with Gasteiger partial charge in [-0.3, -0.25) is 9.59 Å². The molecule has 0 bridgehead atoms. The van der Waals surface area contributed by atoms with Crippen molar-refractivity contribution < 1.29 is 33.8 Å². The lowest BCUT2D eigenvalue weighted by Gasteiger charge is -2.26. The molecule has 3 amide bonds. The van der Waals surface area contributed by atoms with Crippen molar-refractivity contribution in [2.75, 3.05) is 19.7 Å². The molecule has 43 heavy (non-hydrogen) atoms. The number of rotatable bonds is 16. The number of aliphatic hydroxyl groups excluding tert-OH is 1. The first kappa shape index (κ1) is 33.1. The molecule has 2 aromatic carbocycles. The van der Waals surface area contributed by atoms with E-state index in [1.54, 1.807) is 35.2 Å². The summed E-state index contributed by atoms with van der Waals surface area (Å²) in [6.07, 6.45) is 3.32. The molecule has 3 rings (SSSR count). The average molecular weight is 592 g/mol. The van der Waals surface area contributed by atoms with E-state index in [1.807, 2.05) is 36.4 Å². The quantitative estimate of drug-likeness (QED) is 0.200. The molecule has 0 spiro atoms. The maximum atomic E-state index is 13.2. The van der Waals surface area contributed by atoms with E-state index in [2.05, 4.69) is 23.8 Å². The summed E-state index contributed by atoms with van der Waals surface area (Å²) in [4.78, 5) is 53.5. The topological polar surface area (TPSA) is 134 Å². The third-order valence-electron chi connectivity index (χ3n) is 7.23. The number of carbonyl (C=O) groups is 4. The molecule has 0 unspecified atom stereocenters. The fourth-order valence-corrected chi connectivity index (χ4v) is 4.91. The average Bonchev–Trinajstić information content (AvgIpc) is 3.51. The van der Waals surface area contributed by atoms with Gasteiger partial charge in [0.15, 0.2) is 0 Å². The van der Waals surface area contributed by atoms with Crippen molar-refractivity contribution in [1.82, 2.24) is 15.5 Å². The lowest BCUT2D eigenvalue weighted by Crippen LogP contribution is -2.44. The molecule has 10 heteroatoms. The van der Waals surface area contributed by atoms with Gasteiger partial charge in [0.1, 0.15) is 18.8 Å². The summed E-state index contributed by atoms with van der Waals surface area (Å²) < 4.78 is 11.1. The van der Waals surface area contributed by atoms with Crippen LogP contribution in [0.5, 0.6) is 0 Å². The van der Waals surface area contributed by atoms with Gasteiger partial charge < -0.3 is 30.1 Å². The Labute approximate surface area is 252 Å². The van der Waals surface area contributed by atoms with Crippen molar-refractivity contribution >= 4 is 23.9 Å². The molecule has 230 valence electrons. The minimum absolute atomic E-state index is 0.0272. The number of nitrogens with zero attached hydrogens (tertiary/aromatic N) is 1. The van der Waals surface area contributed by atoms with Gasteiger partial charge in [-0.25, -0.2) is 9.59 Å². The smallest absolute Gasteiger partial charge is 0.408 e. The number of hydrogen-bond donors (Lipinski definition) is 3. The first-order chi connectivity index (χ1) is 20.9. The molecule has 0 aromatic heterocycles. The van der Waals surface area contributed by atoms with Gasteiger partial charge in [0.05, 0.1) is 25.1 Å². The van der Waals surface area contributed by atoms with Crippen LogP contribution in [0.25, 0.3) is 0 Å². The zero-order valence-electron chi connectivity index (χ0n) is 24.4. The summed E-state index contributed by atoms with van der Waals surface area (Å²) in [5.74, 6) is -1.97. The number of aliphatic hydroxyl groups is 1. The predicted molar refractivity (Wildman–Crippen MR) is 161 cm³/mol. The van der Waals surface area contributed by atoms with E-state index in [1.165, 1.54) is 6.08 Å². The van der Waals surface area contributed by atoms with Crippen LogP contribution < -0.4 is 10.6 Å². The van der Waals surface area contributed by atoms with Gasteiger partial charge in [0, 0.05) is 13.0 Å². The van der Waals surface area contributed by atoms with Crippen molar-refractivity contribution in [3.05, 3.63) is 97.1 Å². The Morgan fingerprint density at radius 1 is 1.00 bits per heavy atom. The monoisotopic (exact) mass is 591 g/mol. The highest BCUT2D eigenvalue weighted by Gasteiger charge is 2.32. The van der Waals surface area contributed by atoms with Crippen LogP contribution in [0.3, 0.4) is 0 Å². The molecule has 4 atom stereocenters. The number of hydrogen-bond acceptors (Lipinski definition) is 7. The second-order valence-electron chi connectivity index (χ2n) is 10.4. The third kappa shape index (κ3) is 10.4. The number of ether oxygens (including phenoxy) is 2. The summed E-state index contributed by atoms with van der Waals surface area (Å²) in [7, 11) is 0. The summed E-state index contributed by atoms with van der Waals surface area (Å²) >= 11 is 0. The zero-order valence-corrected chi connectivity index (χ0v) is 24.4. The zero-order chi connectivity index (χ0) is 31.0. The minimum Gasteiger partial charge on any atom is -0.454 e. The molecule has 1 aliphatic heterocycles. The molecular formula is C33H41N3O7. The van der Waals surface area contributed by atoms with Gasteiger partial charge in [0.2, 0.25) is 11.8 Å². The van der Waals surface area contributed by atoms with E-state index >= 15 is 0 Å². The van der Waals surface area contributed by atoms with Crippen LogP contribution in [-0.2, 0) is 30.5 Å². The predicted octanol–water partition coefficient (Wildman–Crippen LogP) is 3.82. The van der Waals surface area contributed by atoms with Crippen LogP contribution in [-0.4, -0.2) is 65.7 Å². The molecule has 1 fully saturated rings. The SMILES string of the molecule is C=CC[C@H](CC(=O)N1CCC[C@H]1CO)C(=O)NC[C@@H](OC(=O)[C@@H](CC=C)NC(=O)OCc1ccccc1)c1ccccc1. The minimum atomic E-state index is -1.06. The third-order valence-corrected chi connectivity index (χ3v) is 7.23. The van der Waals surface area contributed by atoms with Crippen molar-refractivity contribution in [2.45, 2.75) is 56.9 Å². The molecule has 0 saturated carbocycles. The number of likely N-dealkylation sites (tertiary alicyclic amines) is 1. The lowest BCUT2D eigenvalue weighted by molar-refractivity contribution is -0.152. The standard InChI is InChI=1S/C33H41N3O7/c1-3-12-26(20-30(38)36-19-11-18-27(36)22-37)31(39)34-21-29(25-16-9-6-10-17-25)43-32(40)28(13-4-2)35-33(41)42-23-24-14-7-5-8-15-24/h3-10,14-17,26-29,37H,1-2,11-13,18-23H2,(H,34,39)(H,35,41)/t26-,27+,28-,29-/m1/s1. The van der Waals surface area contributed by atoms with E-state index in [4.69, 9.17) is 9.47 Å². The second kappa shape index (κ2) is 17.5. The highest BCUT2D eigenvalue weighted by molar-refractivity contribution is 5.86. The van der Waals surface area contributed by atoms with Gasteiger partial charge in [-0.2, -0.15) is 0 Å². The molecule has 0 radical (unpaired) electrons. The fourth-order valence-electron chi connectivity index (χ4n) is 4.91. The Morgan fingerprint density at radius 3 is 2.33 bits per heavy atom. The Balaban J connectivity index is 1.64. The largest absolute Gasteiger partial charge is 0.454 e. The van der Waals surface area contributed by atoms with Crippen molar-refractivity contribution in [3.63, 3.8) is 0 Å². The molecule has 1 heterocycles. The molecule has 1 saturated heterocycles. The molecule has 0 aliphatic carbocycles. The number of benzene rings is 2. The van der Waals surface area contributed by atoms with Gasteiger partial charge in [-0.05, 0) is 36.8 Å². The van der Waals surface area contributed by atoms with E-state index in [-0.39, 0.29) is 56.9 Å². The van der Waals surface area contributed by atoms with Crippen LogP contribution in [0.15, 0.2) is 86.0 Å². The number of carbonyl (C=O) groups excluding carboxylic acids is 4. The lowest BCUT2D eigenvalue weighted by atomic mass is 9.99. The highest BCUT2D eigenvalue weighted by Crippen LogP contribution is 2.22. The van der Waals surface area contributed by atoms with Crippen LogP contribution in [0.2, 0.25) is 0 Å². The van der Waals surface area contributed by atoms with Crippen molar-refractivity contribution in [3.8, 4) is 0 Å². The first-order valence-electron chi connectivity index (χ1n) is 14.5. The maximum absolute atomic E-state index is 13.2. The fraction of sp³-hybridized carbons (Fsp3) is 0.394. The summed E-state index contributed by atoms with van der Waals surface area (Å²) in [5, 5.41) is 14.9. The number of amides is 3. The van der Waals surface area contributed by atoms with Crippen LogP contribution >= 0.6 is 0 Å². The van der Waals surface area contributed by atoms with E-state index in [0.717, 1.165) is 18.4 Å². The Hall–Kier alpha value is -4.44. The number of nitrogens with one attached hydrogen (secondary N) is 2. The van der Waals surface area contributed by atoms with E-state index < -0.39 is 30.1 Å². The van der Waals surface area contributed by atoms with Gasteiger partial charge in [0.25, 0.3) is 0 Å². The number of alkyl carbamates (subject to hydrolysis) is 1. The van der Waals surface area contributed by atoms with Crippen molar-refractivity contribution in [1.29, 1.82) is 0 Å². The Kier molecular flexibility index (Phi) is 13.5. The van der Waals surface area contributed by atoms with Gasteiger partial charge in [-0.1, -0.05) is 72.8 Å². The van der Waals surface area contributed by atoms with Gasteiger partial charge in [-0.15, -0.1) is 13.2 Å². The second-order valence-corrected chi connectivity index (χ2v) is 10.4. The molecule has 1 aliphatic rings. The Bertz CT molecular complexity index is 1220.